The number of fused-ring (bicyclic) bond motifs is 1. The maximum Gasteiger partial charge on any atom is 0.224 e. The number of hydrogen-bond donors (Lipinski definition) is 2. The first-order valence-electron chi connectivity index (χ1n) is 6.07. The van der Waals surface area contributed by atoms with E-state index in [2.05, 4.69) is 10.6 Å². The molecule has 0 spiro atoms. The number of rotatable bonds is 3. The molecule has 0 aromatic heterocycles. The zero-order valence-corrected chi connectivity index (χ0v) is 9.66. The van der Waals surface area contributed by atoms with Gasteiger partial charge in [0.2, 0.25) is 5.91 Å². The van der Waals surface area contributed by atoms with Crippen LogP contribution in [0.4, 0.5) is 5.69 Å². The summed E-state index contributed by atoms with van der Waals surface area (Å²) in [6, 6.07) is 5.90. The van der Waals surface area contributed by atoms with Crippen LogP contribution >= 0.6 is 0 Å². The second-order valence-electron chi connectivity index (χ2n) is 4.70. The van der Waals surface area contributed by atoms with Crippen LogP contribution in [-0.2, 0) is 11.2 Å². The highest BCUT2D eigenvalue weighted by molar-refractivity contribution is 5.93. The standard InChI is InChI=1S/C13H16N2O2/c16-13-4-1-10-5-11(2-3-12(10)15-13)17-8-9-6-14-7-9/h2-3,5,9,14H,1,4,6-8H2,(H,15,16). The fraction of sp³-hybridized carbons (Fsp3) is 0.462. The van der Waals surface area contributed by atoms with Crippen molar-refractivity contribution in [1.82, 2.24) is 5.32 Å². The maximum atomic E-state index is 11.2. The summed E-state index contributed by atoms with van der Waals surface area (Å²) in [7, 11) is 0. The number of carbonyl (C=O) groups is 1. The molecule has 0 radical (unpaired) electrons. The van der Waals surface area contributed by atoms with Gasteiger partial charge in [-0.3, -0.25) is 4.79 Å². The van der Waals surface area contributed by atoms with Crippen molar-refractivity contribution >= 4 is 11.6 Å². The van der Waals surface area contributed by atoms with Crippen LogP contribution in [0.25, 0.3) is 0 Å². The van der Waals surface area contributed by atoms with Gasteiger partial charge in [0.05, 0.1) is 6.61 Å². The van der Waals surface area contributed by atoms with Gasteiger partial charge in [0, 0.05) is 31.1 Å². The Kier molecular flexibility index (Phi) is 2.73. The summed E-state index contributed by atoms with van der Waals surface area (Å²) < 4.78 is 5.75. The molecule has 0 saturated carbocycles. The average Bonchev–Trinajstić information content (AvgIpc) is 2.27. The van der Waals surface area contributed by atoms with Crippen LogP contribution in [0.5, 0.6) is 5.75 Å². The molecule has 90 valence electrons. The summed E-state index contributed by atoms with van der Waals surface area (Å²) in [4.78, 5) is 11.2. The van der Waals surface area contributed by atoms with Crippen LogP contribution in [0.1, 0.15) is 12.0 Å². The molecule has 0 bridgehead atoms. The lowest BCUT2D eigenvalue weighted by Crippen LogP contribution is -2.45. The van der Waals surface area contributed by atoms with Gasteiger partial charge in [0.1, 0.15) is 5.75 Å². The lowest BCUT2D eigenvalue weighted by molar-refractivity contribution is -0.116. The Labute approximate surface area is 100 Å². The van der Waals surface area contributed by atoms with Gasteiger partial charge in [-0.1, -0.05) is 0 Å². The third-order valence-electron chi connectivity index (χ3n) is 3.32. The average molecular weight is 232 g/mol. The van der Waals surface area contributed by atoms with Crippen LogP contribution in [0.2, 0.25) is 0 Å². The number of aryl methyl sites for hydroxylation is 1. The Balaban J connectivity index is 1.67. The zero-order chi connectivity index (χ0) is 11.7. The Morgan fingerprint density at radius 1 is 1.29 bits per heavy atom. The molecule has 1 aromatic carbocycles. The Morgan fingerprint density at radius 2 is 2.18 bits per heavy atom. The van der Waals surface area contributed by atoms with Crippen LogP contribution < -0.4 is 15.4 Å². The number of carbonyl (C=O) groups excluding carboxylic acids is 1. The molecule has 2 aliphatic heterocycles. The SMILES string of the molecule is O=C1CCc2cc(OCC3CNC3)ccc2N1. The van der Waals surface area contributed by atoms with E-state index in [1.54, 1.807) is 0 Å². The first-order chi connectivity index (χ1) is 8.31. The Hall–Kier alpha value is -1.55. The summed E-state index contributed by atoms with van der Waals surface area (Å²) in [5.41, 5.74) is 2.10. The molecule has 1 aromatic rings. The molecule has 0 unspecified atom stereocenters. The molecule has 2 aliphatic rings. The van der Waals surface area contributed by atoms with Crippen molar-refractivity contribution < 1.29 is 9.53 Å². The highest BCUT2D eigenvalue weighted by Crippen LogP contribution is 2.27. The van der Waals surface area contributed by atoms with Crippen molar-refractivity contribution in [2.75, 3.05) is 25.0 Å². The van der Waals surface area contributed by atoms with Crippen molar-refractivity contribution in [3.05, 3.63) is 23.8 Å². The number of anilines is 1. The second kappa shape index (κ2) is 4.37. The van der Waals surface area contributed by atoms with E-state index in [0.29, 0.717) is 12.3 Å². The highest BCUT2D eigenvalue weighted by atomic mass is 16.5. The van der Waals surface area contributed by atoms with E-state index < -0.39 is 0 Å². The van der Waals surface area contributed by atoms with Crippen LogP contribution in [0.3, 0.4) is 0 Å². The molecule has 3 rings (SSSR count). The highest BCUT2D eigenvalue weighted by Gasteiger charge is 2.18. The molecular weight excluding hydrogens is 216 g/mol. The molecular formula is C13H16N2O2. The van der Waals surface area contributed by atoms with Crippen LogP contribution in [0, 0.1) is 5.92 Å². The number of ether oxygens (including phenoxy) is 1. The molecule has 4 nitrogen and oxygen atoms in total. The van der Waals surface area contributed by atoms with E-state index in [1.807, 2.05) is 18.2 Å². The smallest absolute Gasteiger partial charge is 0.224 e. The molecule has 17 heavy (non-hydrogen) atoms. The summed E-state index contributed by atoms with van der Waals surface area (Å²) in [5, 5.41) is 6.09. The lowest BCUT2D eigenvalue weighted by atomic mass is 10.0. The topological polar surface area (TPSA) is 50.4 Å². The number of benzene rings is 1. The maximum absolute atomic E-state index is 11.2. The molecule has 0 atom stereocenters. The zero-order valence-electron chi connectivity index (χ0n) is 9.66. The minimum atomic E-state index is 0.103. The summed E-state index contributed by atoms with van der Waals surface area (Å²) in [6.07, 6.45) is 1.38. The second-order valence-corrected chi connectivity index (χ2v) is 4.70. The van der Waals surface area contributed by atoms with Gasteiger partial charge in [-0.25, -0.2) is 0 Å². The minimum absolute atomic E-state index is 0.103. The van der Waals surface area contributed by atoms with E-state index >= 15 is 0 Å². The normalized spacial score (nSPS) is 19.2. The van der Waals surface area contributed by atoms with Crippen molar-refractivity contribution in [2.45, 2.75) is 12.8 Å². The molecule has 0 aliphatic carbocycles. The van der Waals surface area contributed by atoms with Crippen LogP contribution in [-0.4, -0.2) is 25.6 Å². The van der Waals surface area contributed by atoms with Gasteiger partial charge in [-0.05, 0) is 30.2 Å². The van der Waals surface area contributed by atoms with Crippen molar-refractivity contribution in [1.29, 1.82) is 0 Å². The Bertz CT molecular complexity index is 441. The van der Waals surface area contributed by atoms with E-state index in [0.717, 1.165) is 37.6 Å². The van der Waals surface area contributed by atoms with Crippen LogP contribution in [0.15, 0.2) is 18.2 Å². The number of amides is 1. The minimum Gasteiger partial charge on any atom is -0.493 e. The van der Waals surface area contributed by atoms with E-state index in [1.165, 1.54) is 5.56 Å². The van der Waals surface area contributed by atoms with Crippen molar-refractivity contribution in [2.24, 2.45) is 5.92 Å². The Morgan fingerprint density at radius 3 is 2.94 bits per heavy atom. The van der Waals surface area contributed by atoms with Gasteiger partial charge in [-0.15, -0.1) is 0 Å². The van der Waals surface area contributed by atoms with Crippen molar-refractivity contribution in [3.63, 3.8) is 0 Å². The first kappa shape index (κ1) is 10.6. The molecule has 1 amide bonds. The monoisotopic (exact) mass is 232 g/mol. The van der Waals surface area contributed by atoms with E-state index in [4.69, 9.17) is 4.74 Å². The predicted octanol–water partition coefficient (Wildman–Crippen LogP) is 1.17. The fourth-order valence-corrected chi connectivity index (χ4v) is 2.13. The summed E-state index contributed by atoms with van der Waals surface area (Å²) in [5.74, 6) is 1.66. The number of nitrogens with one attached hydrogen (secondary N) is 2. The quantitative estimate of drug-likeness (QED) is 0.822. The van der Waals surface area contributed by atoms with Gasteiger partial charge >= 0.3 is 0 Å². The number of hydrogen-bond acceptors (Lipinski definition) is 3. The van der Waals surface area contributed by atoms with Gasteiger partial charge in [-0.2, -0.15) is 0 Å². The third kappa shape index (κ3) is 2.26. The van der Waals surface area contributed by atoms with E-state index in [-0.39, 0.29) is 5.91 Å². The summed E-state index contributed by atoms with van der Waals surface area (Å²) in [6.45, 7) is 2.89. The lowest BCUT2D eigenvalue weighted by Gasteiger charge is -2.27. The van der Waals surface area contributed by atoms with Gasteiger partial charge in [0.25, 0.3) is 0 Å². The van der Waals surface area contributed by atoms with Crippen molar-refractivity contribution in [3.8, 4) is 5.75 Å². The largest absolute Gasteiger partial charge is 0.493 e. The van der Waals surface area contributed by atoms with Gasteiger partial charge in [0.15, 0.2) is 0 Å². The molecule has 4 heteroatoms. The molecule has 2 N–H and O–H groups in total. The molecule has 1 fully saturated rings. The first-order valence-corrected chi connectivity index (χ1v) is 6.07. The summed E-state index contributed by atoms with van der Waals surface area (Å²) >= 11 is 0. The third-order valence-corrected chi connectivity index (χ3v) is 3.32. The van der Waals surface area contributed by atoms with Gasteiger partial charge < -0.3 is 15.4 Å². The molecule has 1 saturated heterocycles. The fourth-order valence-electron chi connectivity index (χ4n) is 2.13. The van der Waals surface area contributed by atoms with E-state index in [9.17, 15) is 4.79 Å². The molecule has 2 heterocycles. The predicted molar refractivity (Wildman–Crippen MR) is 65.2 cm³/mol.